The maximum atomic E-state index is 12.8. The molecule has 24 heavy (non-hydrogen) atoms. The Morgan fingerprint density at radius 2 is 2.00 bits per heavy atom. The Morgan fingerprint density at radius 3 is 2.67 bits per heavy atom. The van der Waals surface area contributed by atoms with Gasteiger partial charge in [-0.3, -0.25) is 9.59 Å². The molecule has 0 spiro atoms. The van der Waals surface area contributed by atoms with E-state index in [-0.39, 0.29) is 31.2 Å². The lowest BCUT2D eigenvalue weighted by molar-refractivity contribution is -0.256. The first-order valence-corrected chi connectivity index (χ1v) is 7.52. The summed E-state index contributed by atoms with van der Waals surface area (Å²) in [7, 11) is 0. The molecule has 0 bridgehead atoms. The molecular weight excluding hydrogens is 319 g/mol. The lowest BCUT2D eigenvalue weighted by Gasteiger charge is -2.14. The van der Waals surface area contributed by atoms with Crippen LogP contribution in [0.15, 0.2) is 36.1 Å². The molecule has 3 N–H and O–H groups in total. The van der Waals surface area contributed by atoms with Gasteiger partial charge in [0.05, 0.1) is 12.2 Å². The van der Waals surface area contributed by atoms with Gasteiger partial charge in [-0.25, -0.2) is 4.39 Å². The minimum absolute atomic E-state index is 0.0750. The summed E-state index contributed by atoms with van der Waals surface area (Å²) < 4.78 is 12.8. The van der Waals surface area contributed by atoms with E-state index in [4.69, 9.17) is 0 Å². The number of nitrogens with one attached hydrogen (secondary N) is 2. The van der Waals surface area contributed by atoms with Gasteiger partial charge in [0.1, 0.15) is 18.2 Å². The fourth-order valence-corrected chi connectivity index (χ4v) is 1.99. The summed E-state index contributed by atoms with van der Waals surface area (Å²) in [6.07, 6.45) is 0.494. The molecule has 0 fully saturated rings. The molecule has 1 atom stereocenters. The van der Waals surface area contributed by atoms with Crippen LogP contribution < -0.4 is 10.6 Å². The number of benzene rings is 1. The van der Waals surface area contributed by atoms with Crippen LogP contribution in [0.5, 0.6) is 0 Å². The Labute approximate surface area is 138 Å². The van der Waals surface area contributed by atoms with E-state index < -0.39 is 12.0 Å². The van der Waals surface area contributed by atoms with Crippen molar-refractivity contribution in [3.05, 3.63) is 47.5 Å². The second-order valence-electron chi connectivity index (χ2n) is 5.22. The summed E-state index contributed by atoms with van der Waals surface area (Å²) in [5.41, 5.74) is 1.16. The highest BCUT2D eigenvalue weighted by atomic mass is 19.1. The standard InChI is InChI=1S/C16H19FN2O5/c17-13-3-1-11(2-4-13)9-19-16(22)14(20)5-7-18-15(21)12-6-8-23-24-10-12/h1-4,10,14,20H,5-9H2,(H,18,21)(H,19,22). The largest absolute Gasteiger partial charge is 0.383 e. The van der Waals surface area contributed by atoms with Crippen LogP contribution >= 0.6 is 0 Å². The highest BCUT2D eigenvalue weighted by Crippen LogP contribution is 2.08. The fraction of sp³-hybridized carbons (Fsp3) is 0.375. The predicted molar refractivity (Wildman–Crippen MR) is 81.6 cm³/mol. The quantitative estimate of drug-likeness (QED) is 0.631. The molecule has 8 heteroatoms. The smallest absolute Gasteiger partial charge is 0.250 e. The summed E-state index contributed by atoms with van der Waals surface area (Å²) in [6.45, 7) is 0.628. The van der Waals surface area contributed by atoms with Crippen LogP contribution in [0.1, 0.15) is 18.4 Å². The van der Waals surface area contributed by atoms with Gasteiger partial charge in [-0.1, -0.05) is 12.1 Å². The van der Waals surface area contributed by atoms with Crippen molar-refractivity contribution >= 4 is 11.8 Å². The van der Waals surface area contributed by atoms with Crippen LogP contribution in [0.3, 0.4) is 0 Å². The van der Waals surface area contributed by atoms with Crippen molar-refractivity contribution in [3.63, 3.8) is 0 Å². The molecule has 1 aromatic rings. The molecule has 7 nitrogen and oxygen atoms in total. The van der Waals surface area contributed by atoms with Gasteiger partial charge in [0, 0.05) is 19.5 Å². The summed E-state index contributed by atoms with van der Waals surface area (Å²) in [6, 6.07) is 5.68. The number of hydrogen-bond acceptors (Lipinski definition) is 5. The zero-order chi connectivity index (χ0) is 17.4. The van der Waals surface area contributed by atoms with Crippen LogP contribution in [0, 0.1) is 5.82 Å². The van der Waals surface area contributed by atoms with Crippen molar-refractivity contribution in [3.8, 4) is 0 Å². The summed E-state index contributed by atoms with van der Waals surface area (Å²) >= 11 is 0. The average molecular weight is 338 g/mol. The van der Waals surface area contributed by atoms with Gasteiger partial charge in [0.2, 0.25) is 5.91 Å². The second-order valence-corrected chi connectivity index (χ2v) is 5.22. The van der Waals surface area contributed by atoms with E-state index in [2.05, 4.69) is 20.4 Å². The first-order valence-electron chi connectivity index (χ1n) is 7.52. The van der Waals surface area contributed by atoms with Crippen LogP contribution in [-0.4, -0.2) is 36.2 Å². The Bertz CT molecular complexity index is 603. The minimum Gasteiger partial charge on any atom is -0.383 e. The molecule has 1 aromatic carbocycles. The number of aliphatic hydroxyl groups excluding tert-OH is 1. The van der Waals surface area contributed by atoms with Crippen molar-refractivity contribution in [1.29, 1.82) is 0 Å². The molecular formula is C16H19FN2O5. The van der Waals surface area contributed by atoms with Gasteiger partial charge >= 0.3 is 0 Å². The van der Waals surface area contributed by atoms with Crippen LogP contribution in [0.4, 0.5) is 4.39 Å². The van der Waals surface area contributed by atoms with Crippen molar-refractivity contribution in [1.82, 2.24) is 10.6 Å². The first kappa shape index (κ1) is 17.9. The second kappa shape index (κ2) is 8.99. The van der Waals surface area contributed by atoms with E-state index in [0.717, 1.165) is 5.56 Å². The van der Waals surface area contributed by atoms with Gasteiger partial charge < -0.3 is 20.6 Å². The van der Waals surface area contributed by atoms with Gasteiger partial charge in [-0.15, -0.1) is 0 Å². The lowest BCUT2D eigenvalue weighted by atomic mass is 10.2. The Kier molecular flexibility index (Phi) is 6.71. The predicted octanol–water partition coefficient (Wildman–Crippen LogP) is 0.545. The van der Waals surface area contributed by atoms with Crippen LogP contribution in [-0.2, 0) is 25.9 Å². The highest BCUT2D eigenvalue weighted by molar-refractivity contribution is 5.93. The fourth-order valence-electron chi connectivity index (χ4n) is 1.99. The Balaban J connectivity index is 1.66. The van der Waals surface area contributed by atoms with Gasteiger partial charge in [-0.05, 0) is 24.1 Å². The van der Waals surface area contributed by atoms with E-state index in [1.807, 2.05) is 0 Å². The third-order valence-corrected chi connectivity index (χ3v) is 3.39. The van der Waals surface area contributed by atoms with E-state index in [1.165, 1.54) is 18.4 Å². The van der Waals surface area contributed by atoms with Crippen molar-refractivity contribution < 1.29 is 28.9 Å². The number of rotatable bonds is 7. The number of aliphatic hydroxyl groups is 1. The van der Waals surface area contributed by atoms with Crippen LogP contribution in [0.25, 0.3) is 0 Å². The summed E-state index contributed by atoms with van der Waals surface area (Å²) in [4.78, 5) is 32.7. The maximum Gasteiger partial charge on any atom is 0.250 e. The Morgan fingerprint density at radius 1 is 1.25 bits per heavy atom. The SMILES string of the molecule is O=C(NCCC(O)C(=O)NCc1ccc(F)cc1)C1=COOCC1. The molecule has 1 heterocycles. The molecule has 1 aliphatic rings. The molecule has 130 valence electrons. The summed E-state index contributed by atoms with van der Waals surface area (Å²) in [5.74, 6) is -1.23. The molecule has 0 radical (unpaired) electrons. The number of amides is 2. The maximum absolute atomic E-state index is 12.8. The van der Waals surface area contributed by atoms with Gasteiger partial charge in [0.25, 0.3) is 5.91 Å². The van der Waals surface area contributed by atoms with Crippen molar-refractivity contribution in [2.45, 2.75) is 25.5 Å². The number of carbonyl (C=O) groups is 2. The zero-order valence-corrected chi connectivity index (χ0v) is 13.0. The number of carbonyl (C=O) groups excluding carboxylic acids is 2. The monoisotopic (exact) mass is 338 g/mol. The number of halogens is 1. The van der Waals surface area contributed by atoms with Crippen molar-refractivity contribution in [2.75, 3.05) is 13.2 Å². The van der Waals surface area contributed by atoms with Gasteiger partial charge in [0.15, 0.2) is 0 Å². The first-order chi connectivity index (χ1) is 11.6. The van der Waals surface area contributed by atoms with E-state index in [9.17, 15) is 19.1 Å². The highest BCUT2D eigenvalue weighted by Gasteiger charge is 2.17. The lowest BCUT2D eigenvalue weighted by Crippen LogP contribution is -2.37. The molecule has 2 rings (SSSR count). The summed E-state index contributed by atoms with van der Waals surface area (Å²) in [5, 5.41) is 14.9. The molecule has 0 aromatic heterocycles. The van der Waals surface area contributed by atoms with Crippen LogP contribution in [0.2, 0.25) is 0 Å². The normalized spacial score (nSPS) is 15.0. The van der Waals surface area contributed by atoms with E-state index in [1.54, 1.807) is 12.1 Å². The molecule has 0 saturated heterocycles. The Hall–Kier alpha value is -2.45. The molecule has 1 unspecified atom stereocenters. The molecule has 0 aliphatic carbocycles. The minimum atomic E-state index is -1.24. The van der Waals surface area contributed by atoms with Crippen molar-refractivity contribution in [2.24, 2.45) is 0 Å². The topological polar surface area (TPSA) is 96.9 Å². The molecule has 2 amide bonds. The van der Waals surface area contributed by atoms with E-state index >= 15 is 0 Å². The molecule has 0 saturated carbocycles. The average Bonchev–Trinajstić information content (AvgIpc) is 2.61. The zero-order valence-electron chi connectivity index (χ0n) is 13.0. The molecule has 1 aliphatic heterocycles. The third kappa shape index (κ3) is 5.64. The third-order valence-electron chi connectivity index (χ3n) is 3.39. The number of hydrogen-bond donors (Lipinski definition) is 3. The van der Waals surface area contributed by atoms with Gasteiger partial charge in [-0.2, -0.15) is 4.89 Å². The van der Waals surface area contributed by atoms with E-state index in [0.29, 0.717) is 18.6 Å².